The number of aryl methyl sites for hydroxylation is 1. The van der Waals surface area contributed by atoms with Gasteiger partial charge in [0, 0.05) is 13.0 Å². The zero-order valence-electron chi connectivity index (χ0n) is 10.3. The molecule has 17 heavy (non-hydrogen) atoms. The van der Waals surface area contributed by atoms with Crippen molar-refractivity contribution in [3.63, 3.8) is 0 Å². The molecule has 0 saturated carbocycles. The van der Waals surface area contributed by atoms with Gasteiger partial charge in [-0.05, 0) is 26.0 Å². The van der Waals surface area contributed by atoms with Crippen LogP contribution in [0.15, 0.2) is 27.4 Å². The second-order valence-electron chi connectivity index (χ2n) is 4.06. The SMILES string of the molecule is CCCNCCc1ncc(-c2coc(C)c2)o1. The van der Waals surface area contributed by atoms with Crippen molar-refractivity contribution in [1.82, 2.24) is 10.3 Å². The van der Waals surface area contributed by atoms with Crippen molar-refractivity contribution in [2.24, 2.45) is 0 Å². The van der Waals surface area contributed by atoms with Crippen LogP contribution in [-0.4, -0.2) is 18.1 Å². The van der Waals surface area contributed by atoms with Crippen LogP contribution in [0.3, 0.4) is 0 Å². The third kappa shape index (κ3) is 3.20. The number of nitrogens with zero attached hydrogens (tertiary/aromatic N) is 1. The van der Waals surface area contributed by atoms with E-state index in [0.717, 1.165) is 48.9 Å². The Hall–Kier alpha value is -1.55. The van der Waals surface area contributed by atoms with Gasteiger partial charge in [0.25, 0.3) is 0 Å². The van der Waals surface area contributed by atoms with Gasteiger partial charge in [0.05, 0.1) is 11.8 Å². The molecule has 4 nitrogen and oxygen atoms in total. The fourth-order valence-corrected chi connectivity index (χ4v) is 1.63. The summed E-state index contributed by atoms with van der Waals surface area (Å²) in [7, 11) is 0. The highest BCUT2D eigenvalue weighted by Crippen LogP contribution is 2.22. The van der Waals surface area contributed by atoms with Crippen molar-refractivity contribution in [1.29, 1.82) is 0 Å². The molecular formula is C13H18N2O2. The maximum absolute atomic E-state index is 5.65. The molecular weight excluding hydrogens is 216 g/mol. The molecule has 4 heteroatoms. The fourth-order valence-electron chi connectivity index (χ4n) is 1.63. The largest absolute Gasteiger partial charge is 0.469 e. The summed E-state index contributed by atoms with van der Waals surface area (Å²) >= 11 is 0. The van der Waals surface area contributed by atoms with Gasteiger partial charge in [0.2, 0.25) is 0 Å². The summed E-state index contributed by atoms with van der Waals surface area (Å²) < 4.78 is 10.9. The van der Waals surface area contributed by atoms with Gasteiger partial charge < -0.3 is 14.2 Å². The highest BCUT2D eigenvalue weighted by molar-refractivity contribution is 5.55. The second-order valence-corrected chi connectivity index (χ2v) is 4.06. The van der Waals surface area contributed by atoms with E-state index in [2.05, 4.69) is 17.2 Å². The highest BCUT2D eigenvalue weighted by Gasteiger charge is 2.08. The monoisotopic (exact) mass is 234 g/mol. The van der Waals surface area contributed by atoms with E-state index in [9.17, 15) is 0 Å². The van der Waals surface area contributed by atoms with Gasteiger partial charge in [0.15, 0.2) is 11.7 Å². The molecule has 0 fully saturated rings. The second kappa shape index (κ2) is 5.68. The Balaban J connectivity index is 1.92. The first kappa shape index (κ1) is 11.9. The molecule has 0 aromatic carbocycles. The molecule has 2 heterocycles. The van der Waals surface area contributed by atoms with Crippen LogP contribution in [0, 0.1) is 6.92 Å². The molecule has 0 amide bonds. The van der Waals surface area contributed by atoms with Crippen molar-refractivity contribution in [2.45, 2.75) is 26.7 Å². The van der Waals surface area contributed by atoms with E-state index in [-0.39, 0.29) is 0 Å². The molecule has 0 unspecified atom stereocenters. The summed E-state index contributed by atoms with van der Waals surface area (Å²) in [5, 5.41) is 3.32. The third-order valence-electron chi connectivity index (χ3n) is 2.51. The summed E-state index contributed by atoms with van der Waals surface area (Å²) in [6.07, 6.45) is 5.40. The van der Waals surface area contributed by atoms with Gasteiger partial charge in [-0.1, -0.05) is 6.92 Å². The number of hydrogen-bond donors (Lipinski definition) is 1. The first-order valence-electron chi connectivity index (χ1n) is 6.00. The number of nitrogens with one attached hydrogen (secondary N) is 1. The zero-order chi connectivity index (χ0) is 12.1. The van der Waals surface area contributed by atoms with Crippen molar-refractivity contribution in [2.75, 3.05) is 13.1 Å². The first-order valence-corrected chi connectivity index (χ1v) is 6.00. The Morgan fingerprint density at radius 1 is 1.35 bits per heavy atom. The van der Waals surface area contributed by atoms with Gasteiger partial charge in [0.1, 0.15) is 12.0 Å². The lowest BCUT2D eigenvalue weighted by Crippen LogP contribution is -2.17. The van der Waals surface area contributed by atoms with E-state index in [4.69, 9.17) is 8.83 Å². The van der Waals surface area contributed by atoms with Crippen LogP contribution in [0.25, 0.3) is 11.3 Å². The maximum atomic E-state index is 5.65. The highest BCUT2D eigenvalue weighted by atomic mass is 16.4. The predicted octanol–water partition coefficient (Wildman–Crippen LogP) is 2.79. The van der Waals surface area contributed by atoms with E-state index in [1.54, 1.807) is 12.5 Å². The van der Waals surface area contributed by atoms with Gasteiger partial charge in [-0.25, -0.2) is 4.98 Å². The number of aromatic nitrogens is 1. The van der Waals surface area contributed by atoms with Crippen molar-refractivity contribution in [3.8, 4) is 11.3 Å². The van der Waals surface area contributed by atoms with Gasteiger partial charge in [-0.2, -0.15) is 0 Å². The van der Waals surface area contributed by atoms with Crippen LogP contribution >= 0.6 is 0 Å². The lowest BCUT2D eigenvalue weighted by Gasteiger charge is -1.98. The minimum atomic E-state index is 0.766. The molecule has 2 aromatic heterocycles. The molecule has 0 aliphatic carbocycles. The van der Waals surface area contributed by atoms with E-state index >= 15 is 0 Å². The summed E-state index contributed by atoms with van der Waals surface area (Å²) in [4.78, 5) is 4.25. The van der Waals surface area contributed by atoms with Crippen LogP contribution in [0.5, 0.6) is 0 Å². The first-order chi connectivity index (χ1) is 8.29. The number of rotatable bonds is 6. The maximum Gasteiger partial charge on any atom is 0.196 e. The van der Waals surface area contributed by atoms with Crippen LogP contribution in [0.1, 0.15) is 25.0 Å². The molecule has 0 atom stereocenters. The molecule has 0 bridgehead atoms. The van der Waals surface area contributed by atoms with E-state index in [0.29, 0.717) is 0 Å². The average Bonchev–Trinajstić information content (AvgIpc) is 2.93. The molecule has 0 aliphatic rings. The van der Waals surface area contributed by atoms with Crippen molar-refractivity contribution in [3.05, 3.63) is 30.2 Å². The Bertz CT molecular complexity index is 459. The minimum Gasteiger partial charge on any atom is -0.469 e. The Morgan fingerprint density at radius 2 is 2.24 bits per heavy atom. The van der Waals surface area contributed by atoms with Crippen molar-refractivity contribution >= 4 is 0 Å². The standard InChI is InChI=1S/C13H18N2O2/c1-3-5-14-6-4-13-15-8-12(17-13)11-7-10(2)16-9-11/h7-9,14H,3-6H2,1-2H3. The van der Waals surface area contributed by atoms with E-state index in [1.807, 2.05) is 13.0 Å². The lowest BCUT2D eigenvalue weighted by atomic mass is 10.3. The Labute approximate surface area is 101 Å². The molecule has 0 aliphatic heterocycles. The minimum absolute atomic E-state index is 0.766. The van der Waals surface area contributed by atoms with Gasteiger partial charge >= 0.3 is 0 Å². The summed E-state index contributed by atoms with van der Waals surface area (Å²) in [6, 6.07) is 1.94. The zero-order valence-corrected chi connectivity index (χ0v) is 10.3. The smallest absolute Gasteiger partial charge is 0.196 e. The van der Waals surface area contributed by atoms with Crippen LogP contribution in [0.4, 0.5) is 0 Å². The van der Waals surface area contributed by atoms with E-state index in [1.165, 1.54) is 0 Å². The van der Waals surface area contributed by atoms with Gasteiger partial charge in [-0.3, -0.25) is 0 Å². The van der Waals surface area contributed by atoms with Crippen LogP contribution in [-0.2, 0) is 6.42 Å². The van der Waals surface area contributed by atoms with Crippen molar-refractivity contribution < 1.29 is 8.83 Å². The summed E-state index contributed by atoms with van der Waals surface area (Å²) in [6.45, 7) is 6.00. The van der Waals surface area contributed by atoms with Gasteiger partial charge in [-0.15, -0.1) is 0 Å². The molecule has 2 aromatic rings. The molecule has 0 saturated heterocycles. The average molecular weight is 234 g/mol. The fraction of sp³-hybridized carbons (Fsp3) is 0.462. The quantitative estimate of drug-likeness (QED) is 0.781. The Morgan fingerprint density at radius 3 is 2.94 bits per heavy atom. The molecule has 2 rings (SSSR count). The third-order valence-corrected chi connectivity index (χ3v) is 2.51. The molecule has 1 N–H and O–H groups in total. The lowest BCUT2D eigenvalue weighted by molar-refractivity contribution is 0.493. The number of hydrogen-bond acceptors (Lipinski definition) is 4. The topological polar surface area (TPSA) is 51.2 Å². The normalized spacial score (nSPS) is 10.9. The molecule has 0 spiro atoms. The summed E-state index contributed by atoms with van der Waals surface area (Å²) in [5.41, 5.74) is 0.947. The number of furan rings is 1. The summed E-state index contributed by atoms with van der Waals surface area (Å²) in [5.74, 6) is 2.41. The van der Waals surface area contributed by atoms with Crippen LogP contribution in [0.2, 0.25) is 0 Å². The van der Waals surface area contributed by atoms with E-state index < -0.39 is 0 Å². The Kier molecular flexibility index (Phi) is 3.98. The molecule has 0 radical (unpaired) electrons. The van der Waals surface area contributed by atoms with Crippen LogP contribution < -0.4 is 5.32 Å². The predicted molar refractivity (Wildman–Crippen MR) is 65.8 cm³/mol. The number of oxazole rings is 1. The molecule has 92 valence electrons.